The van der Waals surface area contributed by atoms with Crippen molar-refractivity contribution in [3.8, 4) is 0 Å². The van der Waals surface area contributed by atoms with E-state index in [4.69, 9.17) is 22.4 Å². The second-order valence-electron chi connectivity index (χ2n) is 12.2. The molecule has 0 heterocycles. The molecular formula is C16H23NO2S81. The first kappa shape index (κ1) is 116. The lowest BCUT2D eigenvalue weighted by atomic mass is 9.84. The standard InChI is InChI=1S/C16H23NO2.S81/c1-15(2,3)12-9-7-8-11(10-18)13(12)17-14(19)16(4,5)6;1-3-5-7-9-11-13-15-17-19-21-23-25-27-29-31-33-35-37-39-41-43-45-47-49-51-53-55-57-59-61-63-65-67-69-71-73-75-77-79-81-80-78-76-74-72-70-68-66-64-62-60-58-56-54-52-50-48-46-44-42-40-38-36-34-32-30-28-26-24-22-20-18-16-14-12-10-8-6-4-2/h7-10H,1-6H3,(H,17,19);. The third kappa shape index (κ3) is 91.9. The van der Waals surface area contributed by atoms with E-state index in [2.05, 4.69) is 26.1 Å². The van der Waals surface area contributed by atoms with Crippen LogP contribution in [0.3, 0.4) is 0 Å². The number of nitrogens with one attached hydrogen (secondary N) is 1. The molecule has 0 atom stereocenters. The van der Waals surface area contributed by atoms with Gasteiger partial charge in [0.1, 0.15) is 0 Å². The minimum absolute atomic E-state index is 0.0905. The van der Waals surface area contributed by atoms with Gasteiger partial charge >= 0.3 is 0 Å². The molecule has 1 amide bonds. The van der Waals surface area contributed by atoms with Gasteiger partial charge in [0.2, 0.25) is 5.91 Å². The van der Waals surface area contributed by atoms with E-state index in [9.17, 15) is 9.59 Å². The molecule has 0 aromatic heterocycles. The van der Waals surface area contributed by atoms with E-state index in [1.165, 1.54) is 17.8 Å². The van der Waals surface area contributed by atoms with E-state index in [-0.39, 0.29) is 11.3 Å². The van der Waals surface area contributed by atoms with Gasteiger partial charge in [-0.3, -0.25) is 9.59 Å². The van der Waals surface area contributed by atoms with Gasteiger partial charge in [-0.15, -0.1) is 0 Å². The van der Waals surface area contributed by atoms with Crippen molar-refractivity contribution in [2.45, 2.75) is 47.0 Å². The summed E-state index contributed by atoms with van der Waals surface area (Å²) in [5.41, 5.74) is 1.48. The number of aldehydes is 1. The summed E-state index contributed by atoms with van der Waals surface area (Å²) in [5, 5.41) is 2.91. The fourth-order valence-corrected chi connectivity index (χ4v) is 214. The second kappa shape index (κ2) is 97.4. The monoisotopic (exact) mass is 2850 g/mol. The Morgan fingerprint density at radius 1 is 0.260 bits per heavy atom. The van der Waals surface area contributed by atoms with E-state index in [1.54, 1.807) is 113 Å². The van der Waals surface area contributed by atoms with Crippen LogP contribution in [0.5, 0.6) is 0 Å². The van der Waals surface area contributed by atoms with Gasteiger partial charge in [0.25, 0.3) is 0 Å². The van der Waals surface area contributed by atoms with Crippen molar-refractivity contribution in [3.63, 3.8) is 0 Å². The number of amides is 1. The summed E-state index contributed by atoms with van der Waals surface area (Å²) in [4.78, 5) is 23.3. The van der Waals surface area contributed by atoms with Crippen molar-refractivity contribution < 1.29 is 9.59 Å². The Morgan fingerprint density at radius 3 is 0.510 bits per heavy atom. The van der Waals surface area contributed by atoms with Crippen LogP contribution in [0, 0.1) is 5.41 Å². The Labute approximate surface area is 814 Å². The summed E-state index contributed by atoms with van der Waals surface area (Å²) in [6.07, 6.45) is 0.785. The summed E-state index contributed by atoms with van der Waals surface area (Å²) in [6.45, 7) is 11.7. The van der Waals surface area contributed by atoms with E-state index < -0.39 is 5.41 Å². The summed E-state index contributed by atoms with van der Waals surface area (Å²) < 4.78 is 0. The minimum atomic E-state index is -0.495. The molecular weight excluding hydrogens is 2840 g/mol. The lowest BCUT2D eigenvalue weighted by molar-refractivity contribution is -0.123. The first-order valence-electron chi connectivity index (χ1n) is 19.8. The molecule has 84 heteroatoms. The topological polar surface area (TPSA) is 46.2 Å². The molecule has 3 nitrogen and oxygen atoms in total. The van der Waals surface area contributed by atoms with Crippen molar-refractivity contribution in [3.05, 3.63) is 29.3 Å². The number of rotatable bonds is 2. The molecule has 0 saturated carbocycles. The maximum atomic E-state index is 12.2. The van der Waals surface area contributed by atoms with Crippen LogP contribution in [-0.4, -0.2) is 12.2 Å². The number of carbonyl (C=O) groups excluding carboxylic acids is 2. The lowest BCUT2D eigenvalue weighted by Crippen LogP contribution is -2.29. The molecule has 0 bridgehead atoms. The summed E-state index contributed by atoms with van der Waals surface area (Å²) in [5.74, 6) is -0.0905. The van der Waals surface area contributed by atoms with Crippen molar-refractivity contribution in [1.29, 1.82) is 0 Å². The zero-order chi connectivity index (χ0) is 72.7. The van der Waals surface area contributed by atoms with Crippen LogP contribution in [0.4, 0.5) is 5.69 Å². The number of hydrogen-bond acceptors (Lipinski definition) is 4. The van der Waals surface area contributed by atoms with Crippen LogP contribution in [0.25, 0.3) is 0 Å². The summed E-state index contributed by atoms with van der Waals surface area (Å²) in [7, 11) is 143. The summed E-state index contributed by atoms with van der Waals surface area (Å²) >= 11 is 9.65. The molecule has 100 heavy (non-hydrogen) atoms. The highest BCUT2D eigenvalue weighted by Crippen LogP contribution is 2.32. The zero-order valence-corrected chi connectivity index (χ0v) is 112. The highest BCUT2D eigenvalue weighted by Gasteiger charge is 2.26. The Bertz CT molecular complexity index is 6800. The smallest absolute Gasteiger partial charge is 0.229 e. The number of para-hydroxylation sites is 1. The molecule has 590 valence electrons. The first-order valence-corrected chi connectivity index (χ1v) is 126. The minimum Gasteiger partial charge on any atom is -0.325 e. The second-order valence-corrected chi connectivity index (χ2v) is 152. The van der Waals surface area contributed by atoms with Gasteiger partial charge in [0, 0.05) is 735 Å². The Hall–Kier alpha value is 16.2. The van der Waals surface area contributed by atoms with Crippen LogP contribution in [0.15, 0.2) is 18.2 Å². The van der Waals surface area contributed by atoms with Gasteiger partial charge in [-0.1, -0.05) is 53.7 Å². The first-order chi connectivity index (χ1) is 49.0. The highest BCUT2D eigenvalue weighted by molar-refractivity contribution is 8.85. The molecule has 0 unspecified atom stereocenters. The Balaban J connectivity index is 0.00000440. The molecule has 1 aromatic rings. The Kier molecular flexibility index (Phi) is 113. The van der Waals surface area contributed by atoms with Crippen LogP contribution >= 0.6 is 0 Å². The van der Waals surface area contributed by atoms with Crippen LogP contribution in [0.1, 0.15) is 57.5 Å². The number of hydrogen-bond donors (Lipinski definition) is 1. The quantitative estimate of drug-likeness (QED) is 0.461. The average molecular weight is 2860 g/mol. The molecule has 1 rings (SSSR count). The van der Waals surface area contributed by atoms with Gasteiger partial charge in [0.05, 0.1) is 5.69 Å². The van der Waals surface area contributed by atoms with Gasteiger partial charge in [-0.25, -0.2) is 0 Å². The van der Waals surface area contributed by atoms with Crippen LogP contribution < -0.4 is 5.32 Å². The Morgan fingerprint density at radius 2 is 0.400 bits per heavy atom. The van der Waals surface area contributed by atoms with Gasteiger partial charge in [-0.05, 0) is 17.0 Å². The van der Waals surface area contributed by atoms with Gasteiger partial charge < -0.3 is 5.32 Å². The molecule has 1 aromatic carbocycles. The van der Waals surface area contributed by atoms with Crippen molar-refractivity contribution in [1.82, 2.24) is 0 Å². The predicted molar refractivity (Wildman–Crippen MR) is 675 cm³/mol. The molecule has 0 aliphatic heterocycles. The molecule has 1 N–H and O–H groups in total. The number of carbonyl (C=O) groups is 2. The van der Waals surface area contributed by atoms with Crippen LogP contribution in [-0.2, 0) is 734 Å². The lowest BCUT2D eigenvalue weighted by Gasteiger charge is -2.26. The van der Waals surface area contributed by atoms with Gasteiger partial charge in [0.15, 0.2) is 6.29 Å². The van der Waals surface area contributed by atoms with E-state index in [0.29, 0.717) is 11.3 Å². The van der Waals surface area contributed by atoms with Crippen LogP contribution in [0.2, 0.25) is 0 Å². The summed E-state index contributed by atoms with van der Waals surface area (Å²) in [6, 6.07) is 5.52. The number of anilines is 1. The van der Waals surface area contributed by atoms with Crippen molar-refractivity contribution in [2.24, 2.45) is 5.41 Å². The average Bonchev–Trinajstić information content (AvgIpc) is 0.806. The molecule has 0 radical (unpaired) electrons. The van der Waals surface area contributed by atoms with E-state index in [0.717, 1.165) is 11.8 Å². The fraction of sp³-hybridized carbons (Fsp3) is 0.500. The third-order valence-corrected chi connectivity index (χ3v) is 178. The molecule has 0 aliphatic carbocycles. The van der Waals surface area contributed by atoms with Gasteiger partial charge in [-0.2, -0.15) is 0 Å². The largest absolute Gasteiger partial charge is 0.325 e. The SMILES string of the molecule is CC(C)(C)C(=O)Nc1c(C=O)cccc1C(C)(C)C.S=S=S=S=S=S=S=S=S=S=S=S=S=S=S=S=S=S=S=S=S=S=S=S=S=S=S=S=S=S=S=S=S=S=S=S=S=S=S=S=S=S=S=S=S=S=S=S=S=S=S=S=S=S=S=S=S=S=S=S=S=S=S=S=S=S=S=S=S=S=S=S=S=S=S=S=S=S=S=S=S. The maximum Gasteiger partial charge on any atom is 0.229 e. The maximum absolute atomic E-state index is 12.2. The molecule has 0 fully saturated rings. The third-order valence-electron chi connectivity index (χ3n) is 5.12. The molecule has 0 spiro atoms. The highest BCUT2D eigenvalue weighted by atomic mass is 33.6. The van der Waals surface area contributed by atoms with Crippen molar-refractivity contribution >= 4 is 742 Å². The van der Waals surface area contributed by atoms with Crippen molar-refractivity contribution in [2.75, 3.05) is 5.32 Å². The predicted octanol–water partition coefficient (Wildman–Crippen LogP) is 3.59. The van der Waals surface area contributed by atoms with E-state index >= 15 is 0 Å². The number of benzene rings is 1. The molecule has 0 aliphatic rings. The normalized spacial score (nSPS) is 8.66. The molecule has 0 saturated heterocycles. The zero-order valence-electron chi connectivity index (χ0n) is 45.7. The van der Waals surface area contributed by atoms with E-state index in [1.807, 2.05) is 610 Å². The fourth-order valence-electron chi connectivity index (χ4n) is 2.61.